The van der Waals surface area contributed by atoms with Crippen molar-refractivity contribution in [2.75, 3.05) is 20.3 Å². The SMILES string of the molecule is CCCn1nc(C(=O)NCCOc2ccccc2OC)ccc1=O. The summed E-state index contributed by atoms with van der Waals surface area (Å²) in [6.07, 6.45) is 0.769. The van der Waals surface area contributed by atoms with E-state index in [1.807, 2.05) is 19.1 Å². The summed E-state index contributed by atoms with van der Waals surface area (Å²) in [6.45, 7) is 3.03. The van der Waals surface area contributed by atoms with Gasteiger partial charge in [0.2, 0.25) is 0 Å². The fourth-order valence-electron chi connectivity index (χ4n) is 2.10. The van der Waals surface area contributed by atoms with Crippen LogP contribution in [0.3, 0.4) is 0 Å². The van der Waals surface area contributed by atoms with Gasteiger partial charge in [0.1, 0.15) is 12.3 Å². The summed E-state index contributed by atoms with van der Waals surface area (Å²) in [7, 11) is 1.57. The molecule has 0 spiro atoms. The molecule has 0 aliphatic carbocycles. The Hall–Kier alpha value is -2.83. The van der Waals surface area contributed by atoms with Gasteiger partial charge in [-0.15, -0.1) is 0 Å². The third kappa shape index (κ3) is 4.58. The smallest absolute Gasteiger partial charge is 0.271 e. The molecule has 7 nitrogen and oxygen atoms in total. The second-order valence-corrected chi connectivity index (χ2v) is 5.04. The summed E-state index contributed by atoms with van der Waals surface area (Å²) >= 11 is 0. The highest BCUT2D eigenvalue weighted by molar-refractivity contribution is 5.91. The number of para-hydroxylation sites is 2. The van der Waals surface area contributed by atoms with Gasteiger partial charge in [-0.3, -0.25) is 9.59 Å². The topological polar surface area (TPSA) is 82.5 Å². The molecule has 1 amide bonds. The van der Waals surface area contributed by atoms with Crippen LogP contribution in [0.25, 0.3) is 0 Å². The highest BCUT2D eigenvalue weighted by Gasteiger charge is 2.09. The predicted molar refractivity (Wildman–Crippen MR) is 89.6 cm³/mol. The van der Waals surface area contributed by atoms with Crippen LogP contribution in [0.2, 0.25) is 0 Å². The lowest BCUT2D eigenvalue weighted by Gasteiger charge is -2.11. The number of methoxy groups -OCH3 is 1. The van der Waals surface area contributed by atoms with Crippen molar-refractivity contribution >= 4 is 5.91 Å². The average Bonchev–Trinajstić information content (AvgIpc) is 2.61. The minimum absolute atomic E-state index is 0.209. The normalized spacial score (nSPS) is 10.2. The maximum absolute atomic E-state index is 12.1. The average molecular weight is 331 g/mol. The lowest BCUT2D eigenvalue weighted by atomic mass is 10.3. The molecular formula is C17H21N3O4. The van der Waals surface area contributed by atoms with Crippen molar-refractivity contribution in [1.29, 1.82) is 0 Å². The maximum atomic E-state index is 12.1. The van der Waals surface area contributed by atoms with Crippen molar-refractivity contribution in [3.05, 3.63) is 52.4 Å². The van der Waals surface area contributed by atoms with E-state index in [0.717, 1.165) is 6.42 Å². The molecule has 0 atom stereocenters. The van der Waals surface area contributed by atoms with Gasteiger partial charge in [-0.1, -0.05) is 19.1 Å². The number of aryl methyl sites for hydroxylation is 1. The first-order valence-corrected chi connectivity index (χ1v) is 7.78. The van der Waals surface area contributed by atoms with Gasteiger partial charge in [0, 0.05) is 12.6 Å². The Labute approximate surface area is 140 Å². The summed E-state index contributed by atoms with van der Waals surface area (Å²) in [6, 6.07) is 10.1. The van der Waals surface area contributed by atoms with E-state index in [4.69, 9.17) is 9.47 Å². The molecule has 1 aromatic heterocycles. The van der Waals surface area contributed by atoms with Crippen LogP contribution in [0.1, 0.15) is 23.8 Å². The largest absolute Gasteiger partial charge is 0.493 e. The number of amides is 1. The van der Waals surface area contributed by atoms with Gasteiger partial charge >= 0.3 is 0 Å². The van der Waals surface area contributed by atoms with E-state index in [-0.39, 0.29) is 17.2 Å². The quantitative estimate of drug-likeness (QED) is 0.741. The Morgan fingerprint density at radius 2 is 1.96 bits per heavy atom. The van der Waals surface area contributed by atoms with Gasteiger partial charge < -0.3 is 14.8 Å². The molecule has 0 radical (unpaired) electrons. The summed E-state index contributed by atoms with van der Waals surface area (Å²) in [4.78, 5) is 23.7. The van der Waals surface area contributed by atoms with Crippen molar-refractivity contribution in [2.45, 2.75) is 19.9 Å². The number of rotatable bonds is 8. The lowest BCUT2D eigenvalue weighted by Crippen LogP contribution is -2.32. The Balaban J connectivity index is 1.87. The van der Waals surface area contributed by atoms with Gasteiger partial charge in [0.25, 0.3) is 11.5 Å². The minimum Gasteiger partial charge on any atom is -0.493 e. The molecule has 0 unspecified atom stereocenters. The first-order valence-electron chi connectivity index (χ1n) is 7.78. The molecule has 2 rings (SSSR count). The molecule has 2 aromatic rings. The van der Waals surface area contributed by atoms with Crippen LogP contribution in [0.5, 0.6) is 11.5 Å². The molecule has 0 saturated carbocycles. The van der Waals surface area contributed by atoms with E-state index in [1.54, 1.807) is 19.2 Å². The second-order valence-electron chi connectivity index (χ2n) is 5.04. The minimum atomic E-state index is -0.344. The molecule has 1 heterocycles. The van der Waals surface area contributed by atoms with E-state index in [2.05, 4.69) is 10.4 Å². The number of carbonyl (C=O) groups excluding carboxylic acids is 1. The predicted octanol–water partition coefficient (Wildman–Crippen LogP) is 1.47. The Morgan fingerprint density at radius 3 is 2.67 bits per heavy atom. The van der Waals surface area contributed by atoms with Crippen LogP contribution >= 0.6 is 0 Å². The second kappa shape index (κ2) is 8.71. The number of hydrogen-bond donors (Lipinski definition) is 1. The molecule has 24 heavy (non-hydrogen) atoms. The summed E-state index contributed by atoms with van der Waals surface area (Å²) in [5, 5.41) is 6.77. The number of benzene rings is 1. The molecule has 0 aliphatic heterocycles. The Bertz CT molecular complexity index is 743. The number of nitrogens with zero attached hydrogens (tertiary/aromatic N) is 2. The van der Waals surface area contributed by atoms with Crippen LogP contribution in [0.4, 0.5) is 0 Å². The molecule has 0 fully saturated rings. The standard InChI is InChI=1S/C17H21N3O4/c1-3-11-20-16(21)9-8-13(19-20)17(22)18-10-12-24-15-7-5-4-6-14(15)23-2/h4-9H,3,10-12H2,1-2H3,(H,18,22). The van der Waals surface area contributed by atoms with E-state index >= 15 is 0 Å². The van der Waals surface area contributed by atoms with Crippen molar-refractivity contribution in [3.8, 4) is 11.5 Å². The third-order valence-electron chi connectivity index (χ3n) is 3.25. The molecule has 0 bridgehead atoms. The van der Waals surface area contributed by atoms with E-state index < -0.39 is 0 Å². The first kappa shape index (κ1) is 17.5. The third-order valence-corrected chi connectivity index (χ3v) is 3.25. The number of carbonyl (C=O) groups is 1. The van der Waals surface area contributed by atoms with Gasteiger partial charge in [0.05, 0.1) is 13.7 Å². The molecule has 0 aliphatic rings. The maximum Gasteiger partial charge on any atom is 0.271 e. The van der Waals surface area contributed by atoms with Crippen molar-refractivity contribution in [3.63, 3.8) is 0 Å². The van der Waals surface area contributed by atoms with Crippen LogP contribution in [0, 0.1) is 0 Å². The number of ether oxygens (including phenoxy) is 2. The van der Waals surface area contributed by atoms with Crippen LogP contribution in [0.15, 0.2) is 41.2 Å². The fraction of sp³-hybridized carbons (Fsp3) is 0.353. The van der Waals surface area contributed by atoms with Crippen molar-refractivity contribution in [1.82, 2.24) is 15.1 Å². The number of nitrogens with one attached hydrogen (secondary N) is 1. The zero-order valence-corrected chi connectivity index (χ0v) is 13.8. The van der Waals surface area contributed by atoms with Gasteiger partial charge in [0.15, 0.2) is 11.5 Å². The zero-order chi connectivity index (χ0) is 17.4. The highest BCUT2D eigenvalue weighted by Crippen LogP contribution is 2.25. The number of aromatic nitrogens is 2. The van der Waals surface area contributed by atoms with Crippen LogP contribution in [-0.2, 0) is 6.54 Å². The highest BCUT2D eigenvalue weighted by atomic mass is 16.5. The zero-order valence-electron chi connectivity index (χ0n) is 13.8. The van der Waals surface area contributed by atoms with Gasteiger partial charge in [-0.2, -0.15) is 5.10 Å². The van der Waals surface area contributed by atoms with Crippen LogP contribution in [-0.4, -0.2) is 35.9 Å². The van der Waals surface area contributed by atoms with Gasteiger partial charge in [-0.25, -0.2) is 4.68 Å². The lowest BCUT2D eigenvalue weighted by molar-refractivity contribution is 0.0939. The summed E-state index contributed by atoms with van der Waals surface area (Å²) in [5.41, 5.74) is -0.00625. The monoisotopic (exact) mass is 331 g/mol. The summed E-state index contributed by atoms with van der Waals surface area (Å²) in [5.74, 6) is 0.907. The van der Waals surface area contributed by atoms with Crippen molar-refractivity contribution in [2.24, 2.45) is 0 Å². The van der Waals surface area contributed by atoms with E-state index in [0.29, 0.717) is 31.2 Å². The van der Waals surface area contributed by atoms with Gasteiger partial charge in [-0.05, 0) is 24.6 Å². The Kier molecular flexibility index (Phi) is 6.36. The van der Waals surface area contributed by atoms with Crippen LogP contribution < -0.4 is 20.3 Å². The summed E-state index contributed by atoms with van der Waals surface area (Å²) < 4.78 is 12.1. The molecule has 1 aromatic carbocycles. The molecule has 1 N–H and O–H groups in total. The Morgan fingerprint density at radius 1 is 1.21 bits per heavy atom. The van der Waals surface area contributed by atoms with Crippen molar-refractivity contribution < 1.29 is 14.3 Å². The van der Waals surface area contributed by atoms with E-state index in [9.17, 15) is 9.59 Å². The van der Waals surface area contributed by atoms with E-state index in [1.165, 1.54) is 16.8 Å². The fourth-order valence-corrected chi connectivity index (χ4v) is 2.10. The first-order chi connectivity index (χ1) is 11.7. The molecule has 0 saturated heterocycles. The molecule has 128 valence electrons. The molecule has 7 heteroatoms. The number of hydrogen-bond acceptors (Lipinski definition) is 5. The molecular weight excluding hydrogens is 310 g/mol.